The van der Waals surface area contributed by atoms with Crippen LogP contribution in [0.15, 0.2) is 60.4 Å². The van der Waals surface area contributed by atoms with E-state index in [1.807, 2.05) is 18.2 Å². The average Bonchev–Trinajstić information content (AvgIpc) is 2.71. The predicted octanol–water partition coefficient (Wildman–Crippen LogP) is 1.66. The first kappa shape index (κ1) is 20.6. The van der Waals surface area contributed by atoms with E-state index in [0.717, 1.165) is 0 Å². The number of hydrogen-bond acceptors (Lipinski definition) is 6. The molecule has 0 aliphatic carbocycles. The third kappa shape index (κ3) is 5.63. The summed E-state index contributed by atoms with van der Waals surface area (Å²) in [5, 5.41) is 40.8. The minimum Gasteiger partial charge on any atom is -0.465 e. The quantitative estimate of drug-likeness (QED) is 0.355. The number of aliphatic hydroxyl groups excluding tert-OH is 4. The summed E-state index contributed by atoms with van der Waals surface area (Å²) in [6.07, 6.45) is -1.16. The third-order valence-electron chi connectivity index (χ3n) is 3.88. The van der Waals surface area contributed by atoms with Crippen molar-refractivity contribution in [3.05, 3.63) is 71.5 Å². The molecule has 0 aliphatic rings. The molecule has 0 bridgehead atoms. The van der Waals surface area contributed by atoms with Gasteiger partial charge in [-0.3, -0.25) is 4.79 Å². The minimum atomic E-state index is -1.24. The summed E-state index contributed by atoms with van der Waals surface area (Å²) in [4.78, 5) is 12.1. The van der Waals surface area contributed by atoms with E-state index < -0.39 is 25.4 Å². The summed E-state index contributed by atoms with van der Waals surface area (Å²) in [7, 11) is 0. The Labute approximate surface area is 157 Å². The van der Waals surface area contributed by atoms with Crippen molar-refractivity contribution in [2.45, 2.75) is 19.1 Å². The molecular weight excluding hydrogens is 350 g/mol. The summed E-state index contributed by atoms with van der Waals surface area (Å²) < 4.78 is 5.47. The van der Waals surface area contributed by atoms with Crippen molar-refractivity contribution in [1.29, 1.82) is 0 Å². The van der Waals surface area contributed by atoms with Crippen molar-refractivity contribution in [2.24, 2.45) is 0 Å². The maximum absolute atomic E-state index is 12.1. The molecule has 0 spiro atoms. The van der Waals surface area contributed by atoms with Crippen LogP contribution < -0.4 is 10.1 Å². The van der Waals surface area contributed by atoms with Gasteiger partial charge in [-0.05, 0) is 42.3 Å². The van der Waals surface area contributed by atoms with Crippen LogP contribution in [0.3, 0.4) is 0 Å². The molecule has 0 fully saturated rings. The van der Waals surface area contributed by atoms with Gasteiger partial charge in [-0.2, -0.15) is 0 Å². The highest BCUT2D eigenvalue weighted by molar-refractivity contribution is 6.03. The summed E-state index contributed by atoms with van der Waals surface area (Å²) in [6.45, 7) is 0.513. The topological polar surface area (TPSA) is 119 Å². The Morgan fingerprint density at radius 3 is 2.30 bits per heavy atom. The van der Waals surface area contributed by atoms with E-state index in [1.54, 1.807) is 19.1 Å². The largest absolute Gasteiger partial charge is 0.465 e. The molecule has 2 rings (SSSR count). The first-order valence-corrected chi connectivity index (χ1v) is 8.37. The van der Waals surface area contributed by atoms with Crippen LogP contribution in [-0.2, 0) is 4.79 Å². The zero-order valence-corrected chi connectivity index (χ0v) is 14.9. The molecule has 0 aliphatic heterocycles. The van der Waals surface area contributed by atoms with Crippen molar-refractivity contribution in [3.63, 3.8) is 0 Å². The first-order chi connectivity index (χ1) is 13.0. The maximum atomic E-state index is 12.1. The molecule has 0 aromatic heterocycles. The van der Waals surface area contributed by atoms with Crippen LogP contribution in [0.5, 0.6) is 5.75 Å². The number of nitrogens with one attached hydrogen (secondary N) is 1. The normalized spacial score (nSPS) is 13.7. The molecule has 7 nitrogen and oxygen atoms in total. The number of amides is 1. The van der Waals surface area contributed by atoms with E-state index in [9.17, 15) is 20.1 Å². The fourth-order valence-corrected chi connectivity index (χ4v) is 2.38. The predicted molar refractivity (Wildman–Crippen MR) is 100.0 cm³/mol. The van der Waals surface area contributed by atoms with Crippen LogP contribution >= 0.6 is 0 Å². The van der Waals surface area contributed by atoms with Crippen LogP contribution in [0.2, 0.25) is 0 Å². The second kappa shape index (κ2) is 9.84. The number of aliphatic hydroxyl groups is 4. The minimum absolute atomic E-state index is 0.233. The van der Waals surface area contributed by atoms with Gasteiger partial charge in [-0.1, -0.05) is 24.3 Å². The number of para-hydroxylation sites is 1. The van der Waals surface area contributed by atoms with E-state index in [1.165, 1.54) is 24.5 Å². The van der Waals surface area contributed by atoms with Crippen LogP contribution in [0, 0.1) is 0 Å². The van der Waals surface area contributed by atoms with Crippen molar-refractivity contribution >= 4 is 11.6 Å². The number of benzene rings is 2. The van der Waals surface area contributed by atoms with Crippen molar-refractivity contribution in [3.8, 4) is 5.75 Å². The lowest BCUT2D eigenvalue weighted by atomic mass is 9.98. The smallest absolute Gasteiger partial charge is 0.254 e. The molecule has 0 heterocycles. The van der Waals surface area contributed by atoms with Crippen molar-refractivity contribution in [2.75, 3.05) is 18.5 Å². The lowest BCUT2D eigenvalue weighted by molar-refractivity contribution is -0.112. The van der Waals surface area contributed by atoms with E-state index in [2.05, 4.69) is 5.32 Å². The van der Waals surface area contributed by atoms with Crippen LogP contribution in [0.4, 0.5) is 5.69 Å². The van der Waals surface area contributed by atoms with E-state index >= 15 is 0 Å². The SMILES string of the molecule is C/C(=C\Oc1ccc(C(O)CO)c(C(O)CO)c1)C(=O)Nc1ccccc1. The Hall–Kier alpha value is -2.71. The van der Waals surface area contributed by atoms with Crippen LogP contribution in [0.25, 0.3) is 0 Å². The number of carbonyl (C=O) groups excluding carboxylic acids is 1. The highest BCUT2D eigenvalue weighted by Crippen LogP contribution is 2.28. The molecule has 2 aromatic carbocycles. The lowest BCUT2D eigenvalue weighted by Crippen LogP contribution is -2.13. The second-order valence-corrected chi connectivity index (χ2v) is 5.93. The van der Waals surface area contributed by atoms with Gasteiger partial charge in [0, 0.05) is 11.3 Å². The van der Waals surface area contributed by atoms with Crippen LogP contribution in [-0.4, -0.2) is 39.5 Å². The number of anilines is 1. The first-order valence-electron chi connectivity index (χ1n) is 8.37. The molecule has 27 heavy (non-hydrogen) atoms. The highest BCUT2D eigenvalue weighted by atomic mass is 16.5. The number of ether oxygens (including phenoxy) is 1. The highest BCUT2D eigenvalue weighted by Gasteiger charge is 2.18. The molecule has 0 saturated heterocycles. The zero-order valence-electron chi connectivity index (χ0n) is 14.9. The Kier molecular flexibility index (Phi) is 7.51. The Morgan fingerprint density at radius 1 is 1.04 bits per heavy atom. The molecule has 2 unspecified atom stereocenters. The van der Waals surface area contributed by atoms with Crippen molar-refractivity contribution < 1.29 is 30.0 Å². The van der Waals surface area contributed by atoms with Crippen molar-refractivity contribution in [1.82, 2.24) is 0 Å². The van der Waals surface area contributed by atoms with Gasteiger partial charge in [0.2, 0.25) is 0 Å². The van der Waals surface area contributed by atoms with Gasteiger partial charge in [-0.15, -0.1) is 0 Å². The maximum Gasteiger partial charge on any atom is 0.254 e. The van der Waals surface area contributed by atoms with E-state index in [0.29, 0.717) is 17.0 Å². The lowest BCUT2D eigenvalue weighted by Gasteiger charge is -2.18. The summed E-state index contributed by atoms with van der Waals surface area (Å²) >= 11 is 0. The summed E-state index contributed by atoms with van der Waals surface area (Å²) in [6, 6.07) is 13.4. The monoisotopic (exact) mass is 373 g/mol. The summed E-state index contributed by atoms with van der Waals surface area (Å²) in [5.41, 5.74) is 1.50. The Balaban J connectivity index is 2.14. The fraction of sp³-hybridized carbons (Fsp3) is 0.250. The number of rotatable bonds is 8. The van der Waals surface area contributed by atoms with E-state index in [4.69, 9.17) is 9.84 Å². The average molecular weight is 373 g/mol. The van der Waals surface area contributed by atoms with Gasteiger partial charge in [0.15, 0.2) is 0 Å². The van der Waals surface area contributed by atoms with Gasteiger partial charge in [0.25, 0.3) is 5.91 Å². The summed E-state index contributed by atoms with van der Waals surface area (Å²) in [5.74, 6) is -0.0256. The van der Waals surface area contributed by atoms with Gasteiger partial charge >= 0.3 is 0 Å². The Morgan fingerprint density at radius 2 is 1.67 bits per heavy atom. The van der Waals surface area contributed by atoms with Gasteiger partial charge in [0.1, 0.15) is 18.0 Å². The third-order valence-corrected chi connectivity index (χ3v) is 3.88. The van der Waals surface area contributed by atoms with E-state index in [-0.39, 0.29) is 17.0 Å². The molecule has 5 N–H and O–H groups in total. The molecule has 7 heteroatoms. The van der Waals surface area contributed by atoms with Gasteiger partial charge < -0.3 is 30.5 Å². The van der Waals surface area contributed by atoms with Crippen LogP contribution in [0.1, 0.15) is 30.3 Å². The fourth-order valence-electron chi connectivity index (χ4n) is 2.38. The second-order valence-electron chi connectivity index (χ2n) is 5.93. The number of carbonyl (C=O) groups is 1. The standard InChI is InChI=1S/C20H23NO6/c1-13(20(26)21-14-5-3-2-4-6-14)12-27-15-7-8-16(18(24)10-22)17(9-15)19(25)11-23/h2-9,12,18-19,22-25H,10-11H2,1H3,(H,21,26)/b13-12+. The zero-order chi connectivity index (χ0) is 19.8. The molecule has 1 amide bonds. The Bertz CT molecular complexity index is 790. The molecule has 144 valence electrons. The molecule has 0 radical (unpaired) electrons. The molecule has 0 saturated carbocycles. The molecule has 2 atom stereocenters. The molecule has 2 aromatic rings. The number of hydrogen-bond donors (Lipinski definition) is 5. The molecular formula is C20H23NO6. The van der Waals surface area contributed by atoms with Gasteiger partial charge in [0.05, 0.1) is 19.5 Å². The van der Waals surface area contributed by atoms with Gasteiger partial charge in [-0.25, -0.2) is 0 Å².